The van der Waals surface area contributed by atoms with E-state index >= 15 is 0 Å². The number of carbonyl (C=O) groups is 1. The second-order valence-electron chi connectivity index (χ2n) is 6.26. The number of fused-ring (bicyclic) bond motifs is 3. The van der Waals surface area contributed by atoms with Gasteiger partial charge in [0.05, 0.1) is 0 Å². The summed E-state index contributed by atoms with van der Waals surface area (Å²) >= 11 is 5.86. The van der Waals surface area contributed by atoms with Gasteiger partial charge in [0.1, 0.15) is 11.9 Å². The molecule has 0 radical (unpaired) electrons. The van der Waals surface area contributed by atoms with Gasteiger partial charge in [-0.05, 0) is 61.7 Å². The smallest absolute Gasteiger partial charge is 0.255 e. The Hall–Kier alpha value is -2.00. The lowest BCUT2D eigenvalue weighted by atomic mass is 9.83. The molecule has 4 heteroatoms. The number of carbonyl (C=O) groups excluding carboxylic acids is 1. The molecular formula is C19H18ClNO2. The molecule has 1 aliphatic heterocycles. The molecule has 0 spiro atoms. The molecule has 1 fully saturated rings. The van der Waals surface area contributed by atoms with Crippen molar-refractivity contribution in [2.24, 2.45) is 0 Å². The van der Waals surface area contributed by atoms with Crippen LogP contribution in [0.3, 0.4) is 0 Å². The molecule has 2 aromatic rings. The minimum atomic E-state index is -0.124. The highest BCUT2D eigenvalue weighted by molar-refractivity contribution is 6.30. The third kappa shape index (κ3) is 2.81. The van der Waals surface area contributed by atoms with Gasteiger partial charge in [0.25, 0.3) is 5.91 Å². The number of hydrogen-bond donors (Lipinski definition) is 1. The first-order valence-electron chi connectivity index (χ1n) is 8.08. The zero-order valence-electron chi connectivity index (χ0n) is 12.7. The molecule has 2 aromatic carbocycles. The van der Waals surface area contributed by atoms with Gasteiger partial charge in [-0.3, -0.25) is 4.79 Å². The van der Waals surface area contributed by atoms with Gasteiger partial charge in [0.2, 0.25) is 0 Å². The molecule has 3 nitrogen and oxygen atoms in total. The standard InChI is InChI=1S/C19H18ClNO2/c20-13-7-5-12(6-8-13)19(22)21-14-9-10-18-16(11-14)15-3-1-2-4-17(15)23-18/h5-11,15,17H,1-4H2,(H,21,22). The van der Waals surface area contributed by atoms with Crippen molar-refractivity contribution in [1.82, 2.24) is 0 Å². The van der Waals surface area contributed by atoms with E-state index in [0.29, 0.717) is 22.6 Å². The summed E-state index contributed by atoms with van der Waals surface area (Å²) in [5, 5.41) is 3.59. The molecular weight excluding hydrogens is 310 g/mol. The van der Waals surface area contributed by atoms with Crippen LogP contribution in [0, 0.1) is 0 Å². The van der Waals surface area contributed by atoms with Crippen LogP contribution in [0.4, 0.5) is 5.69 Å². The summed E-state index contributed by atoms with van der Waals surface area (Å²) in [5.74, 6) is 1.33. The molecule has 0 bridgehead atoms. The van der Waals surface area contributed by atoms with Gasteiger partial charge in [0, 0.05) is 27.8 Å². The summed E-state index contributed by atoms with van der Waals surface area (Å²) in [6, 6.07) is 12.9. The SMILES string of the molecule is O=C(Nc1ccc2c(c1)C1CCCCC1O2)c1ccc(Cl)cc1. The quantitative estimate of drug-likeness (QED) is 0.841. The van der Waals surface area contributed by atoms with E-state index < -0.39 is 0 Å². The molecule has 118 valence electrons. The largest absolute Gasteiger partial charge is 0.489 e. The van der Waals surface area contributed by atoms with E-state index in [4.69, 9.17) is 16.3 Å². The fourth-order valence-corrected chi connectivity index (χ4v) is 3.71. The molecule has 2 aliphatic rings. The van der Waals surface area contributed by atoms with Crippen LogP contribution in [0.5, 0.6) is 5.75 Å². The summed E-state index contributed by atoms with van der Waals surface area (Å²) in [5.41, 5.74) is 2.66. The highest BCUT2D eigenvalue weighted by atomic mass is 35.5. The van der Waals surface area contributed by atoms with E-state index in [-0.39, 0.29) is 5.91 Å². The molecule has 1 amide bonds. The normalized spacial score (nSPS) is 22.0. The van der Waals surface area contributed by atoms with Crippen molar-refractivity contribution in [3.63, 3.8) is 0 Å². The second-order valence-corrected chi connectivity index (χ2v) is 6.70. The molecule has 0 aromatic heterocycles. The lowest BCUT2D eigenvalue weighted by molar-refractivity contribution is 0.102. The zero-order valence-corrected chi connectivity index (χ0v) is 13.5. The predicted octanol–water partition coefficient (Wildman–Crippen LogP) is 5.01. The summed E-state index contributed by atoms with van der Waals surface area (Å²) < 4.78 is 6.04. The molecule has 2 unspecified atom stereocenters. The van der Waals surface area contributed by atoms with Crippen LogP contribution in [-0.4, -0.2) is 12.0 Å². The van der Waals surface area contributed by atoms with Crippen LogP contribution in [0.15, 0.2) is 42.5 Å². The molecule has 1 aliphatic carbocycles. The number of benzene rings is 2. The van der Waals surface area contributed by atoms with Gasteiger partial charge >= 0.3 is 0 Å². The van der Waals surface area contributed by atoms with Gasteiger partial charge < -0.3 is 10.1 Å². The average Bonchev–Trinajstić information content (AvgIpc) is 2.93. The third-order valence-corrected chi connectivity index (χ3v) is 5.01. The van der Waals surface area contributed by atoms with Crippen molar-refractivity contribution in [3.8, 4) is 5.75 Å². The van der Waals surface area contributed by atoms with E-state index in [1.54, 1.807) is 24.3 Å². The fourth-order valence-electron chi connectivity index (χ4n) is 3.58. The third-order valence-electron chi connectivity index (χ3n) is 4.75. The molecule has 23 heavy (non-hydrogen) atoms. The Balaban J connectivity index is 1.55. The van der Waals surface area contributed by atoms with E-state index in [0.717, 1.165) is 17.9 Å². The maximum absolute atomic E-state index is 12.3. The van der Waals surface area contributed by atoms with Crippen LogP contribution in [0.1, 0.15) is 47.5 Å². The molecule has 0 saturated heterocycles. The van der Waals surface area contributed by atoms with Crippen molar-refractivity contribution < 1.29 is 9.53 Å². The Kier molecular flexibility index (Phi) is 3.74. The van der Waals surface area contributed by atoms with Crippen molar-refractivity contribution in [2.75, 3.05) is 5.32 Å². The van der Waals surface area contributed by atoms with Crippen LogP contribution < -0.4 is 10.1 Å². The number of anilines is 1. The summed E-state index contributed by atoms with van der Waals surface area (Å²) in [4.78, 5) is 12.3. The highest BCUT2D eigenvalue weighted by Crippen LogP contribution is 2.46. The Labute approximate surface area is 140 Å². The van der Waals surface area contributed by atoms with Gasteiger partial charge in [-0.1, -0.05) is 18.0 Å². The Morgan fingerprint density at radius 3 is 2.70 bits per heavy atom. The lowest BCUT2D eigenvalue weighted by Gasteiger charge is -2.23. The minimum absolute atomic E-state index is 0.124. The number of halogens is 1. The van der Waals surface area contributed by atoms with E-state index in [1.165, 1.54) is 24.8 Å². The van der Waals surface area contributed by atoms with Gasteiger partial charge in [0.15, 0.2) is 0 Å². The van der Waals surface area contributed by atoms with E-state index in [2.05, 4.69) is 11.4 Å². The predicted molar refractivity (Wildman–Crippen MR) is 91.5 cm³/mol. The monoisotopic (exact) mass is 327 g/mol. The van der Waals surface area contributed by atoms with Crippen molar-refractivity contribution in [1.29, 1.82) is 0 Å². The number of amides is 1. The Bertz CT molecular complexity index is 742. The second kappa shape index (κ2) is 5.89. The van der Waals surface area contributed by atoms with Crippen molar-refractivity contribution >= 4 is 23.2 Å². The summed E-state index contributed by atoms with van der Waals surface area (Å²) in [7, 11) is 0. The fraction of sp³-hybridized carbons (Fsp3) is 0.316. The molecule has 1 saturated carbocycles. The lowest BCUT2D eigenvalue weighted by Crippen LogP contribution is -2.22. The average molecular weight is 328 g/mol. The number of ether oxygens (including phenoxy) is 1. The highest BCUT2D eigenvalue weighted by Gasteiger charge is 2.36. The first kappa shape index (κ1) is 14.6. The Morgan fingerprint density at radius 1 is 1.09 bits per heavy atom. The number of hydrogen-bond acceptors (Lipinski definition) is 2. The maximum Gasteiger partial charge on any atom is 0.255 e. The minimum Gasteiger partial charge on any atom is -0.489 e. The molecule has 2 atom stereocenters. The number of rotatable bonds is 2. The molecule has 1 heterocycles. The first-order valence-corrected chi connectivity index (χ1v) is 8.46. The summed E-state index contributed by atoms with van der Waals surface area (Å²) in [6.07, 6.45) is 5.12. The maximum atomic E-state index is 12.3. The number of nitrogens with one attached hydrogen (secondary N) is 1. The topological polar surface area (TPSA) is 38.3 Å². The van der Waals surface area contributed by atoms with Gasteiger partial charge in [-0.2, -0.15) is 0 Å². The van der Waals surface area contributed by atoms with Crippen LogP contribution >= 0.6 is 11.6 Å². The van der Waals surface area contributed by atoms with Gasteiger partial charge in [-0.15, -0.1) is 0 Å². The Morgan fingerprint density at radius 2 is 1.87 bits per heavy atom. The van der Waals surface area contributed by atoms with Crippen LogP contribution in [0.2, 0.25) is 5.02 Å². The van der Waals surface area contributed by atoms with Crippen molar-refractivity contribution in [3.05, 3.63) is 58.6 Å². The van der Waals surface area contributed by atoms with E-state index in [1.807, 2.05) is 12.1 Å². The zero-order chi connectivity index (χ0) is 15.8. The van der Waals surface area contributed by atoms with Crippen molar-refractivity contribution in [2.45, 2.75) is 37.7 Å². The molecule has 4 rings (SSSR count). The first-order chi connectivity index (χ1) is 11.2. The molecule has 1 N–H and O–H groups in total. The van der Waals surface area contributed by atoms with Crippen LogP contribution in [0.25, 0.3) is 0 Å². The van der Waals surface area contributed by atoms with Crippen LogP contribution in [-0.2, 0) is 0 Å². The van der Waals surface area contributed by atoms with E-state index in [9.17, 15) is 4.79 Å². The summed E-state index contributed by atoms with van der Waals surface area (Å²) in [6.45, 7) is 0. The van der Waals surface area contributed by atoms with Gasteiger partial charge in [-0.25, -0.2) is 0 Å².